The monoisotopic (exact) mass is 435 g/mol. The average Bonchev–Trinajstić information content (AvgIpc) is 3.16. The Kier molecular flexibility index (Phi) is 6.30. The van der Waals surface area contributed by atoms with E-state index >= 15 is 0 Å². The summed E-state index contributed by atoms with van der Waals surface area (Å²) in [6, 6.07) is 13.2. The normalized spacial score (nSPS) is 13.3. The molecule has 0 saturated heterocycles. The first-order valence-corrected chi connectivity index (χ1v) is 10.0. The molecule has 1 aromatic heterocycles. The van der Waals surface area contributed by atoms with Crippen LogP contribution in [0.5, 0.6) is 5.75 Å². The average molecular weight is 435 g/mol. The molecule has 0 aliphatic carbocycles. The number of carbonyl (C=O) groups is 1. The van der Waals surface area contributed by atoms with Crippen LogP contribution in [0.25, 0.3) is 0 Å². The van der Waals surface area contributed by atoms with Gasteiger partial charge in [0, 0.05) is 12.6 Å². The second-order valence-electron chi connectivity index (χ2n) is 6.26. The molecule has 0 radical (unpaired) electrons. The number of benzene rings is 2. The van der Waals surface area contributed by atoms with Gasteiger partial charge in [-0.25, -0.2) is 4.79 Å². The van der Waals surface area contributed by atoms with Crippen LogP contribution >= 0.6 is 0 Å². The summed E-state index contributed by atoms with van der Waals surface area (Å²) in [6.45, 7) is 1.75. The summed E-state index contributed by atoms with van der Waals surface area (Å²) in [5.41, 5.74) is 1.05. The molecule has 1 heterocycles. The van der Waals surface area contributed by atoms with E-state index in [0.29, 0.717) is 11.3 Å². The van der Waals surface area contributed by atoms with Gasteiger partial charge < -0.3 is 14.6 Å². The Labute approximate surface area is 171 Å². The van der Waals surface area contributed by atoms with Crippen LogP contribution in [0.15, 0.2) is 65.3 Å². The van der Waals surface area contributed by atoms with Crippen molar-refractivity contribution >= 4 is 28.0 Å². The Morgan fingerprint density at radius 1 is 1.13 bits per heavy atom. The van der Waals surface area contributed by atoms with Crippen molar-refractivity contribution in [3.63, 3.8) is 0 Å². The molecule has 3 aromatic rings. The second kappa shape index (κ2) is 8.90. The molecule has 4 N–H and O–H groups in total. The number of nitrogens with one attached hydrogen (secondary N) is 2. The lowest BCUT2D eigenvalue weighted by atomic mass is 10.0. The van der Waals surface area contributed by atoms with E-state index in [2.05, 4.69) is 20.1 Å². The Morgan fingerprint density at radius 2 is 1.80 bits per heavy atom. The topological polar surface area (TPSA) is 155 Å². The third kappa shape index (κ3) is 5.76. The molecular weight excluding hydrogens is 416 g/mol. The molecule has 30 heavy (non-hydrogen) atoms. The molecule has 0 saturated carbocycles. The molecule has 0 fully saturated rings. The van der Waals surface area contributed by atoms with Gasteiger partial charge >= 0.3 is 22.3 Å². The van der Waals surface area contributed by atoms with Crippen LogP contribution in [-0.4, -0.2) is 29.4 Å². The largest absolute Gasteiger partial charge is 0.446 e. The van der Waals surface area contributed by atoms with Crippen LogP contribution < -0.4 is 19.5 Å². The Bertz CT molecular complexity index is 1100. The molecule has 2 amide bonds. The third-order valence-corrected chi connectivity index (χ3v) is 4.45. The standard InChI is InChI=1S/C18H18N4O7S/c1-12(17(23)13-5-3-2-4-6-13)22-11-16(28-21-22)20-18(24)19-14-7-9-15(10-8-14)29-30(25,26)27/h2-12,17,23H,1H3,(H2-,19,20,21,24,25,26,27)/p+1. The number of rotatable bonds is 7. The zero-order valence-corrected chi connectivity index (χ0v) is 16.5. The van der Waals surface area contributed by atoms with Gasteiger partial charge in [0.25, 0.3) is 6.20 Å². The first-order chi connectivity index (χ1) is 14.2. The maximum absolute atomic E-state index is 12.1. The number of carbonyl (C=O) groups excluding carboxylic acids is 1. The highest BCUT2D eigenvalue weighted by atomic mass is 32.3. The maximum Gasteiger partial charge on any atom is 0.446 e. The lowest BCUT2D eigenvalue weighted by Gasteiger charge is -2.11. The number of aliphatic hydroxyl groups excluding tert-OH is 1. The third-order valence-electron chi connectivity index (χ3n) is 4.05. The number of hydrogen-bond acceptors (Lipinski definition) is 7. The summed E-state index contributed by atoms with van der Waals surface area (Å²) in [5, 5.41) is 19.2. The SMILES string of the molecule is CC(C(O)c1ccccc1)[n+]1cc(NC(=O)Nc2ccc(OS(=O)(=O)O)cc2)on1. The molecule has 2 unspecified atom stereocenters. The molecule has 0 aliphatic heterocycles. The highest BCUT2D eigenvalue weighted by Gasteiger charge is 2.29. The van der Waals surface area contributed by atoms with Gasteiger partial charge in [-0.2, -0.15) is 8.42 Å². The predicted molar refractivity (Wildman–Crippen MR) is 104 cm³/mol. The molecular formula is C18H19N4O7S+. The lowest BCUT2D eigenvalue weighted by molar-refractivity contribution is -0.789. The number of nitrogens with zero attached hydrogens (tertiary/aromatic N) is 2. The molecule has 3 rings (SSSR count). The fourth-order valence-electron chi connectivity index (χ4n) is 2.57. The highest BCUT2D eigenvalue weighted by Crippen LogP contribution is 2.22. The minimum atomic E-state index is -4.62. The molecule has 0 spiro atoms. The van der Waals surface area contributed by atoms with Crippen molar-refractivity contribution in [1.82, 2.24) is 5.27 Å². The van der Waals surface area contributed by atoms with Crippen LogP contribution in [-0.2, 0) is 10.4 Å². The summed E-state index contributed by atoms with van der Waals surface area (Å²) in [5.74, 6) is -0.0726. The summed E-state index contributed by atoms with van der Waals surface area (Å²) in [4.78, 5) is 12.1. The molecule has 0 aliphatic rings. The molecule has 11 nitrogen and oxygen atoms in total. The number of hydrogen-bond donors (Lipinski definition) is 4. The van der Waals surface area contributed by atoms with Gasteiger partial charge in [0.05, 0.1) is 0 Å². The molecule has 12 heteroatoms. The van der Waals surface area contributed by atoms with Crippen molar-refractivity contribution in [3.8, 4) is 5.75 Å². The minimum absolute atomic E-state index is 0.0472. The smallest absolute Gasteiger partial charge is 0.381 e. The number of amides is 2. The van der Waals surface area contributed by atoms with E-state index in [1.54, 1.807) is 19.1 Å². The number of urea groups is 1. The second-order valence-corrected chi connectivity index (χ2v) is 7.28. The van der Waals surface area contributed by atoms with E-state index in [4.69, 9.17) is 9.08 Å². The zero-order chi connectivity index (χ0) is 21.7. The van der Waals surface area contributed by atoms with E-state index in [1.165, 1.54) is 35.1 Å². The fourth-order valence-corrected chi connectivity index (χ4v) is 2.92. The Balaban J connectivity index is 1.58. The van der Waals surface area contributed by atoms with Crippen LogP contribution in [0.4, 0.5) is 16.4 Å². The van der Waals surface area contributed by atoms with Gasteiger partial charge in [0.2, 0.25) is 11.3 Å². The Morgan fingerprint density at radius 3 is 2.43 bits per heavy atom. The van der Waals surface area contributed by atoms with Crippen molar-refractivity contribution in [1.29, 1.82) is 0 Å². The van der Waals surface area contributed by atoms with Crippen LogP contribution in [0.1, 0.15) is 24.6 Å². The quantitative estimate of drug-likeness (QED) is 0.325. The Hall–Kier alpha value is -3.48. The van der Waals surface area contributed by atoms with E-state index in [0.717, 1.165) is 0 Å². The van der Waals surface area contributed by atoms with E-state index in [-0.39, 0.29) is 11.6 Å². The van der Waals surface area contributed by atoms with Gasteiger partial charge in [-0.1, -0.05) is 30.3 Å². The van der Waals surface area contributed by atoms with Crippen molar-refractivity contribution in [2.45, 2.75) is 19.1 Å². The molecule has 2 aromatic carbocycles. The van der Waals surface area contributed by atoms with E-state index in [1.807, 2.05) is 18.2 Å². The van der Waals surface area contributed by atoms with Crippen LogP contribution in [0, 0.1) is 0 Å². The van der Waals surface area contributed by atoms with Crippen LogP contribution in [0.2, 0.25) is 0 Å². The van der Waals surface area contributed by atoms with E-state index in [9.17, 15) is 18.3 Å². The van der Waals surface area contributed by atoms with Gasteiger partial charge in [-0.05, 0) is 34.5 Å². The van der Waals surface area contributed by atoms with Crippen molar-refractivity contribution in [2.75, 3.05) is 10.6 Å². The molecule has 158 valence electrons. The predicted octanol–water partition coefficient (Wildman–Crippen LogP) is 2.08. The van der Waals surface area contributed by atoms with Gasteiger partial charge in [-0.15, -0.1) is 0 Å². The molecule has 0 bridgehead atoms. The van der Waals surface area contributed by atoms with Crippen molar-refractivity contribution in [2.24, 2.45) is 0 Å². The van der Waals surface area contributed by atoms with Gasteiger partial charge in [0.1, 0.15) is 11.9 Å². The summed E-state index contributed by atoms with van der Waals surface area (Å²) < 4.78 is 40.7. The first kappa shape index (κ1) is 21.2. The van der Waals surface area contributed by atoms with Crippen LogP contribution in [0.3, 0.4) is 0 Å². The van der Waals surface area contributed by atoms with Gasteiger partial charge in [0.15, 0.2) is 0 Å². The summed E-state index contributed by atoms with van der Waals surface area (Å²) >= 11 is 0. The minimum Gasteiger partial charge on any atom is -0.381 e. The van der Waals surface area contributed by atoms with Crippen molar-refractivity contribution < 1.29 is 36.3 Å². The summed E-state index contributed by atoms with van der Waals surface area (Å²) in [6.07, 6.45) is 0.603. The van der Waals surface area contributed by atoms with Gasteiger partial charge in [-0.3, -0.25) is 14.4 Å². The maximum atomic E-state index is 12.1. The lowest BCUT2D eigenvalue weighted by Crippen LogP contribution is -2.42. The first-order valence-electron chi connectivity index (χ1n) is 8.67. The number of anilines is 2. The zero-order valence-electron chi connectivity index (χ0n) is 15.7. The fraction of sp³-hybridized carbons (Fsp3) is 0.167. The summed E-state index contributed by atoms with van der Waals surface area (Å²) in [7, 11) is -4.62. The van der Waals surface area contributed by atoms with E-state index < -0.39 is 28.6 Å². The number of aliphatic hydroxyl groups is 1. The highest BCUT2D eigenvalue weighted by molar-refractivity contribution is 7.81. The van der Waals surface area contributed by atoms with Crippen molar-refractivity contribution in [3.05, 3.63) is 66.4 Å². The molecule has 2 atom stereocenters. The number of aromatic nitrogens is 2.